The van der Waals surface area contributed by atoms with Gasteiger partial charge in [-0.1, -0.05) is 58.8 Å². The van der Waals surface area contributed by atoms with Crippen LogP contribution in [-0.2, 0) is 4.74 Å². The summed E-state index contributed by atoms with van der Waals surface area (Å²) in [4.78, 5) is 0. The zero-order chi connectivity index (χ0) is 11.6. The van der Waals surface area contributed by atoms with E-state index in [4.69, 9.17) is 4.74 Å². The van der Waals surface area contributed by atoms with Gasteiger partial charge < -0.3 is 4.74 Å². The SMILES string of the molecule is CCCCC[C@@H]1CCCCC[C@H](CCC)O1. The zero-order valence-electron chi connectivity index (χ0n) is 11.3. The van der Waals surface area contributed by atoms with Gasteiger partial charge in [-0.15, -0.1) is 0 Å². The van der Waals surface area contributed by atoms with Gasteiger partial charge in [0.2, 0.25) is 0 Å². The molecule has 0 aromatic carbocycles. The highest BCUT2D eigenvalue weighted by atomic mass is 16.5. The fourth-order valence-corrected chi connectivity index (χ4v) is 2.70. The summed E-state index contributed by atoms with van der Waals surface area (Å²) in [6.07, 6.45) is 15.8. The molecule has 0 aromatic heterocycles. The van der Waals surface area contributed by atoms with Gasteiger partial charge >= 0.3 is 0 Å². The van der Waals surface area contributed by atoms with Gasteiger partial charge in [0.15, 0.2) is 0 Å². The zero-order valence-corrected chi connectivity index (χ0v) is 11.3. The van der Waals surface area contributed by atoms with Crippen LogP contribution < -0.4 is 0 Å². The predicted molar refractivity (Wildman–Crippen MR) is 70.8 cm³/mol. The molecule has 1 heterocycles. The van der Waals surface area contributed by atoms with Crippen LogP contribution in [0.3, 0.4) is 0 Å². The molecule has 0 radical (unpaired) electrons. The molecule has 1 heteroatoms. The second-order valence-electron chi connectivity index (χ2n) is 5.30. The predicted octanol–water partition coefficient (Wildman–Crippen LogP) is 5.08. The van der Waals surface area contributed by atoms with Crippen molar-refractivity contribution in [2.45, 2.75) is 96.7 Å². The number of hydrogen-bond donors (Lipinski definition) is 0. The molecule has 0 aliphatic carbocycles. The monoisotopic (exact) mass is 226 g/mol. The van der Waals surface area contributed by atoms with E-state index in [0.29, 0.717) is 12.2 Å². The third-order valence-corrected chi connectivity index (χ3v) is 3.68. The molecule has 16 heavy (non-hydrogen) atoms. The van der Waals surface area contributed by atoms with Crippen LogP contribution in [0.4, 0.5) is 0 Å². The van der Waals surface area contributed by atoms with Gasteiger partial charge in [0.05, 0.1) is 12.2 Å². The molecule has 0 bridgehead atoms. The number of hydrogen-bond acceptors (Lipinski definition) is 1. The third-order valence-electron chi connectivity index (χ3n) is 3.68. The molecule has 1 fully saturated rings. The molecule has 0 saturated carbocycles. The van der Waals surface area contributed by atoms with Gasteiger partial charge in [-0.05, 0) is 25.7 Å². The van der Waals surface area contributed by atoms with Gasteiger partial charge in [0.25, 0.3) is 0 Å². The lowest BCUT2D eigenvalue weighted by Crippen LogP contribution is -2.24. The second-order valence-corrected chi connectivity index (χ2v) is 5.30. The molecule has 2 atom stereocenters. The van der Waals surface area contributed by atoms with Gasteiger partial charge in [0, 0.05) is 0 Å². The fourth-order valence-electron chi connectivity index (χ4n) is 2.70. The molecule has 0 aromatic rings. The summed E-state index contributed by atoms with van der Waals surface area (Å²) in [6.45, 7) is 4.55. The van der Waals surface area contributed by atoms with E-state index in [1.165, 1.54) is 70.6 Å². The Labute approximate surface area is 102 Å². The lowest BCUT2D eigenvalue weighted by atomic mass is 9.98. The molecule has 96 valence electrons. The summed E-state index contributed by atoms with van der Waals surface area (Å²) < 4.78 is 6.28. The molecule has 0 unspecified atom stereocenters. The normalized spacial score (nSPS) is 27.4. The minimum Gasteiger partial charge on any atom is -0.375 e. The van der Waals surface area contributed by atoms with Crippen LogP contribution in [0.5, 0.6) is 0 Å². The molecular weight excluding hydrogens is 196 g/mol. The van der Waals surface area contributed by atoms with Crippen molar-refractivity contribution in [2.75, 3.05) is 0 Å². The van der Waals surface area contributed by atoms with E-state index in [0.717, 1.165) is 0 Å². The van der Waals surface area contributed by atoms with Gasteiger partial charge in [-0.25, -0.2) is 0 Å². The van der Waals surface area contributed by atoms with Crippen LogP contribution in [0.1, 0.15) is 84.5 Å². The van der Waals surface area contributed by atoms with Crippen LogP contribution in [0.15, 0.2) is 0 Å². The molecule has 1 aliphatic heterocycles. The van der Waals surface area contributed by atoms with Crippen molar-refractivity contribution in [2.24, 2.45) is 0 Å². The molecule has 1 rings (SSSR count). The maximum atomic E-state index is 6.28. The third kappa shape index (κ3) is 5.89. The van der Waals surface area contributed by atoms with Crippen molar-refractivity contribution in [3.8, 4) is 0 Å². The molecule has 1 nitrogen and oxygen atoms in total. The topological polar surface area (TPSA) is 9.23 Å². The van der Waals surface area contributed by atoms with Crippen LogP contribution in [-0.4, -0.2) is 12.2 Å². The summed E-state index contributed by atoms with van der Waals surface area (Å²) in [7, 11) is 0. The van der Waals surface area contributed by atoms with Crippen LogP contribution in [0.25, 0.3) is 0 Å². The van der Waals surface area contributed by atoms with E-state index in [-0.39, 0.29) is 0 Å². The second kappa shape index (κ2) is 9.04. The molecule has 0 spiro atoms. The lowest BCUT2D eigenvalue weighted by molar-refractivity contribution is -0.0380. The summed E-state index contributed by atoms with van der Waals surface area (Å²) in [6, 6.07) is 0. The van der Waals surface area contributed by atoms with E-state index < -0.39 is 0 Å². The first-order chi connectivity index (χ1) is 7.86. The first-order valence-electron chi connectivity index (χ1n) is 7.52. The fraction of sp³-hybridized carbons (Fsp3) is 1.00. The Hall–Kier alpha value is -0.0400. The summed E-state index contributed by atoms with van der Waals surface area (Å²) in [5.41, 5.74) is 0. The van der Waals surface area contributed by atoms with Gasteiger partial charge in [0.1, 0.15) is 0 Å². The average molecular weight is 226 g/mol. The van der Waals surface area contributed by atoms with Crippen molar-refractivity contribution in [1.82, 2.24) is 0 Å². The van der Waals surface area contributed by atoms with E-state index in [1.807, 2.05) is 0 Å². The van der Waals surface area contributed by atoms with Crippen molar-refractivity contribution < 1.29 is 4.74 Å². The minimum atomic E-state index is 0.567. The number of rotatable bonds is 6. The number of unbranched alkanes of at least 4 members (excludes halogenated alkanes) is 2. The van der Waals surface area contributed by atoms with E-state index >= 15 is 0 Å². The largest absolute Gasteiger partial charge is 0.375 e. The Morgan fingerprint density at radius 1 is 0.812 bits per heavy atom. The van der Waals surface area contributed by atoms with Crippen molar-refractivity contribution >= 4 is 0 Å². The Morgan fingerprint density at radius 2 is 1.50 bits per heavy atom. The van der Waals surface area contributed by atoms with Crippen molar-refractivity contribution in [1.29, 1.82) is 0 Å². The Kier molecular flexibility index (Phi) is 7.92. The quantitative estimate of drug-likeness (QED) is 0.574. The Balaban J connectivity index is 2.27. The van der Waals surface area contributed by atoms with E-state index in [1.54, 1.807) is 0 Å². The molecule has 0 amide bonds. The smallest absolute Gasteiger partial charge is 0.0578 e. The Morgan fingerprint density at radius 3 is 2.12 bits per heavy atom. The maximum Gasteiger partial charge on any atom is 0.0578 e. The minimum absolute atomic E-state index is 0.567. The molecular formula is C15H30O. The highest BCUT2D eigenvalue weighted by Gasteiger charge is 2.18. The van der Waals surface area contributed by atoms with Gasteiger partial charge in [-0.3, -0.25) is 0 Å². The van der Waals surface area contributed by atoms with Gasteiger partial charge in [-0.2, -0.15) is 0 Å². The standard InChI is InChI=1S/C15H30O/c1-3-5-7-11-15-13-9-6-8-12-14(16-15)10-4-2/h14-15H,3-13H2,1-2H3/t14-,15+/m0/s1. The molecule has 1 saturated heterocycles. The lowest BCUT2D eigenvalue weighted by Gasteiger charge is -2.27. The highest BCUT2D eigenvalue weighted by molar-refractivity contribution is 4.68. The van der Waals surface area contributed by atoms with Crippen molar-refractivity contribution in [3.63, 3.8) is 0 Å². The summed E-state index contributed by atoms with van der Waals surface area (Å²) in [5, 5.41) is 0. The highest BCUT2D eigenvalue weighted by Crippen LogP contribution is 2.23. The van der Waals surface area contributed by atoms with Crippen molar-refractivity contribution in [3.05, 3.63) is 0 Å². The number of ether oxygens (including phenoxy) is 1. The Bertz CT molecular complexity index is 156. The maximum absolute atomic E-state index is 6.28. The summed E-state index contributed by atoms with van der Waals surface area (Å²) >= 11 is 0. The first kappa shape index (κ1) is 14.0. The van der Waals surface area contributed by atoms with Crippen LogP contribution in [0.2, 0.25) is 0 Å². The summed E-state index contributed by atoms with van der Waals surface area (Å²) in [5.74, 6) is 0. The average Bonchev–Trinajstić information content (AvgIpc) is 2.24. The van der Waals surface area contributed by atoms with E-state index in [9.17, 15) is 0 Å². The van der Waals surface area contributed by atoms with Crippen LogP contribution >= 0.6 is 0 Å². The van der Waals surface area contributed by atoms with E-state index in [2.05, 4.69) is 13.8 Å². The molecule has 1 aliphatic rings. The first-order valence-corrected chi connectivity index (χ1v) is 7.52. The molecule has 0 N–H and O–H groups in total. The van der Waals surface area contributed by atoms with Crippen LogP contribution in [0, 0.1) is 0 Å².